The van der Waals surface area contributed by atoms with E-state index in [9.17, 15) is 0 Å². The Hall–Kier alpha value is -0.780. The maximum absolute atomic E-state index is 4.24. The number of aromatic nitrogens is 2. The predicted molar refractivity (Wildman–Crippen MR) is 57.5 cm³/mol. The van der Waals surface area contributed by atoms with Crippen molar-refractivity contribution in [2.24, 2.45) is 0 Å². The van der Waals surface area contributed by atoms with E-state index in [-0.39, 0.29) is 0 Å². The Bertz CT molecular complexity index is 408. The quantitative estimate of drug-likeness (QED) is 0.805. The molecule has 0 saturated carbocycles. The largest absolute Gasteiger partial charge is 0.388 e. The van der Waals surface area contributed by atoms with Crippen LogP contribution in [0.5, 0.6) is 0 Å². The van der Waals surface area contributed by atoms with Gasteiger partial charge in [-0.1, -0.05) is 0 Å². The summed E-state index contributed by atoms with van der Waals surface area (Å²) in [4.78, 5) is 4.24. The first kappa shape index (κ1) is 7.85. The molecule has 0 bridgehead atoms. The number of halogens is 1. The molecule has 4 heteroatoms. The molecule has 0 unspecified atom stereocenters. The minimum Gasteiger partial charge on any atom is -0.388 e. The number of hydrogen-bond donors (Lipinski definition) is 1. The fourth-order valence-corrected chi connectivity index (χ4v) is 1.65. The molecule has 0 saturated heterocycles. The number of imidazole rings is 1. The molecule has 0 aromatic carbocycles. The number of pyridine rings is 1. The average molecular weight is 273 g/mol. The summed E-state index contributed by atoms with van der Waals surface area (Å²) in [5, 5.41) is 3.07. The third kappa shape index (κ3) is 1.16. The van der Waals surface area contributed by atoms with Crippen molar-refractivity contribution in [3.63, 3.8) is 0 Å². The molecule has 0 fully saturated rings. The van der Waals surface area contributed by atoms with Crippen LogP contribution in [0.25, 0.3) is 5.65 Å². The van der Waals surface area contributed by atoms with Crippen LogP contribution in [0.3, 0.4) is 0 Å². The first-order valence-electron chi connectivity index (χ1n) is 3.61. The third-order valence-electron chi connectivity index (χ3n) is 1.76. The van der Waals surface area contributed by atoms with Gasteiger partial charge in [0.2, 0.25) is 0 Å². The Morgan fingerprint density at radius 2 is 2.42 bits per heavy atom. The van der Waals surface area contributed by atoms with Gasteiger partial charge in [-0.15, -0.1) is 0 Å². The summed E-state index contributed by atoms with van der Waals surface area (Å²) in [6, 6.07) is 4.04. The van der Waals surface area contributed by atoms with Gasteiger partial charge in [0.15, 0.2) is 0 Å². The fourth-order valence-electron chi connectivity index (χ4n) is 1.11. The monoisotopic (exact) mass is 273 g/mol. The lowest BCUT2D eigenvalue weighted by atomic mass is 10.4. The topological polar surface area (TPSA) is 29.3 Å². The summed E-state index contributed by atoms with van der Waals surface area (Å²) in [6.07, 6.45) is 3.87. The number of hydrogen-bond acceptors (Lipinski definition) is 2. The van der Waals surface area contributed by atoms with E-state index < -0.39 is 0 Å². The minimum atomic E-state index is 0.978. The third-order valence-corrected chi connectivity index (χ3v) is 2.56. The first-order chi connectivity index (χ1) is 5.81. The molecule has 0 atom stereocenters. The Balaban J connectivity index is 2.69. The van der Waals surface area contributed by atoms with E-state index in [0.717, 1.165) is 15.0 Å². The van der Waals surface area contributed by atoms with Crippen molar-refractivity contribution in [1.29, 1.82) is 0 Å². The lowest BCUT2D eigenvalue weighted by Crippen LogP contribution is -1.91. The highest BCUT2D eigenvalue weighted by molar-refractivity contribution is 14.1. The van der Waals surface area contributed by atoms with E-state index in [4.69, 9.17) is 0 Å². The van der Waals surface area contributed by atoms with E-state index in [2.05, 4.69) is 32.9 Å². The second kappa shape index (κ2) is 2.93. The van der Waals surface area contributed by atoms with Crippen molar-refractivity contribution in [1.82, 2.24) is 9.38 Å². The lowest BCUT2D eigenvalue weighted by molar-refractivity contribution is 1.15. The molecular formula is C8H8IN3. The zero-order valence-electron chi connectivity index (χ0n) is 6.58. The number of rotatable bonds is 1. The van der Waals surface area contributed by atoms with Gasteiger partial charge < -0.3 is 5.32 Å². The highest BCUT2D eigenvalue weighted by Crippen LogP contribution is 2.13. The molecule has 0 aliphatic rings. The van der Waals surface area contributed by atoms with Crippen LogP contribution in [0.1, 0.15) is 0 Å². The van der Waals surface area contributed by atoms with Crippen molar-refractivity contribution in [2.75, 3.05) is 12.4 Å². The summed E-state index contributed by atoms with van der Waals surface area (Å²) in [5.74, 6) is 0. The second-order valence-corrected chi connectivity index (χ2v) is 3.58. The molecule has 12 heavy (non-hydrogen) atoms. The summed E-state index contributed by atoms with van der Waals surface area (Å²) in [6.45, 7) is 0. The van der Waals surface area contributed by atoms with E-state index in [0.29, 0.717) is 0 Å². The van der Waals surface area contributed by atoms with Gasteiger partial charge in [0.1, 0.15) is 9.35 Å². The average Bonchev–Trinajstić information content (AvgIpc) is 2.47. The van der Waals surface area contributed by atoms with Crippen molar-refractivity contribution >= 4 is 33.9 Å². The number of anilines is 1. The van der Waals surface area contributed by atoms with Crippen LogP contribution in [0.15, 0.2) is 24.5 Å². The second-order valence-electron chi connectivity index (χ2n) is 2.47. The summed E-state index contributed by atoms with van der Waals surface area (Å²) in [7, 11) is 1.90. The van der Waals surface area contributed by atoms with Crippen LogP contribution in [0, 0.1) is 3.70 Å². The zero-order chi connectivity index (χ0) is 8.55. The molecule has 2 aromatic rings. The van der Waals surface area contributed by atoms with Gasteiger partial charge >= 0.3 is 0 Å². The smallest absolute Gasteiger partial charge is 0.139 e. The Morgan fingerprint density at radius 3 is 3.17 bits per heavy atom. The molecule has 0 spiro atoms. The molecule has 62 valence electrons. The molecule has 0 aliphatic carbocycles. The van der Waals surface area contributed by atoms with Crippen molar-refractivity contribution in [2.45, 2.75) is 0 Å². The van der Waals surface area contributed by atoms with Crippen molar-refractivity contribution in [3.05, 3.63) is 28.2 Å². The van der Waals surface area contributed by atoms with E-state index in [1.807, 2.05) is 36.0 Å². The van der Waals surface area contributed by atoms with Gasteiger partial charge in [0.05, 0.1) is 6.20 Å². The normalized spacial score (nSPS) is 10.5. The molecule has 2 heterocycles. The van der Waals surface area contributed by atoms with Crippen LogP contribution in [-0.2, 0) is 0 Å². The highest BCUT2D eigenvalue weighted by Gasteiger charge is 1.98. The van der Waals surface area contributed by atoms with E-state index in [1.165, 1.54) is 0 Å². The predicted octanol–water partition coefficient (Wildman–Crippen LogP) is 1.98. The minimum absolute atomic E-state index is 0.978. The van der Waals surface area contributed by atoms with Gasteiger partial charge in [-0.3, -0.25) is 4.40 Å². The summed E-state index contributed by atoms with van der Waals surface area (Å²) >= 11 is 2.26. The summed E-state index contributed by atoms with van der Waals surface area (Å²) in [5.41, 5.74) is 2.07. The highest BCUT2D eigenvalue weighted by atomic mass is 127. The number of fused-ring (bicyclic) bond motifs is 1. The molecule has 0 radical (unpaired) electrons. The van der Waals surface area contributed by atoms with Gasteiger partial charge in [0.25, 0.3) is 0 Å². The Labute approximate surface area is 83.9 Å². The summed E-state index contributed by atoms with van der Waals surface area (Å²) < 4.78 is 3.17. The molecule has 1 N–H and O–H groups in total. The van der Waals surface area contributed by atoms with Crippen LogP contribution < -0.4 is 5.32 Å². The first-order valence-corrected chi connectivity index (χ1v) is 4.69. The van der Waals surface area contributed by atoms with Crippen molar-refractivity contribution < 1.29 is 0 Å². The molecule has 0 aliphatic heterocycles. The SMILES string of the molecule is CNc1ccn2c(I)cnc2c1. The van der Waals surface area contributed by atoms with Crippen LogP contribution in [0.2, 0.25) is 0 Å². The standard InChI is InChI=1S/C8H8IN3/c1-10-6-2-3-12-7(9)5-11-8(12)4-6/h2-5,10H,1H3. The van der Waals surface area contributed by atoms with Crippen LogP contribution in [-0.4, -0.2) is 16.4 Å². The van der Waals surface area contributed by atoms with Gasteiger partial charge in [-0.25, -0.2) is 4.98 Å². The molecule has 2 aromatic heterocycles. The molecule has 2 rings (SSSR count). The van der Waals surface area contributed by atoms with Gasteiger partial charge in [-0.05, 0) is 28.7 Å². The fraction of sp³-hybridized carbons (Fsp3) is 0.125. The zero-order valence-corrected chi connectivity index (χ0v) is 8.74. The van der Waals surface area contributed by atoms with Crippen LogP contribution in [0.4, 0.5) is 5.69 Å². The van der Waals surface area contributed by atoms with E-state index >= 15 is 0 Å². The van der Waals surface area contributed by atoms with Gasteiger partial charge in [-0.2, -0.15) is 0 Å². The Morgan fingerprint density at radius 1 is 1.58 bits per heavy atom. The molecular weight excluding hydrogens is 265 g/mol. The van der Waals surface area contributed by atoms with Crippen molar-refractivity contribution in [3.8, 4) is 0 Å². The lowest BCUT2D eigenvalue weighted by Gasteiger charge is -1.99. The molecule has 3 nitrogen and oxygen atoms in total. The van der Waals surface area contributed by atoms with Gasteiger partial charge in [0, 0.05) is 25.0 Å². The Kier molecular flexibility index (Phi) is 1.92. The number of nitrogens with zero attached hydrogens (tertiary/aromatic N) is 2. The number of nitrogens with one attached hydrogen (secondary N) is 1. The maximum Gasteiger partial charge on any atom is 0.139 e. The van der Waals surface area contributed by atoms with Crippen LogP contribution >= 0.6 is 22.6 Å². The van der Waals surface area contributed by atoms with E-state index in [1.54, 1.807) is 0 Å². The maximum atomic E-state index is 4.24. The molecule has 0 amide bonds.